The minimum atomic E-state index is -5.02. The number of alkyl halides is 3. The second-order valence-corrected chi connectivity index (χ2v) is 8.76. The molecule has 6 nitrogen and oxygen atoms in total. The number of methoxy groups -OCH3 is 1. The number of nitrogens with zero attached hydrogens (tertiary/aromatic N) is 2. The van der Waals surface area contributed by atoms with E-state index in [0.29, 0.717) is 21.8 Å². The summed E-state index contributed by atoms with van der Waals surface area (Å²) in [6.07, 6.45) is -1.92. The predicted octanol–water partition coefficient (Wildman–Crippen LogP) is 5.51. The number of hydrogen-bond donors (Lipinski definition) is 3. The largest absolute Gasteiger partial charge is 0.497 e. The van der Waals surface area contributed by atoms with Gasteiger partial charge < -0.3 is 20.1 Å². The van der Waals surface area contributed by atoms with Gasteiger partial charge in [-0.3, -0.25) is 4.98 Å². The number of nitrogens with one attached hydrogen (secondary N) is 2. The summed E-state index contributed by atoms with van der Waals surface area (Å²) in [5.41, 5.74) is -1.66. The number of benzene rings is 2. The van der Waals surface area contributed by atoms with Crippen molar-refractivity contribution < 1.29 is 23.0 Å². The molecule has 2 aromatic heterocycles. The Labute approximate surface area is 198 Å². The molecule has 3 N–H and O–H groups in total. The van der Waals surface area contributed by atoms with Gasteiger partial charge in [0.2, 0.25) is 5.72 Å². The van der Waals surface area contributed by atoms with Crippen LogP contribution in [0.3, 0.4) is 0 Å². The molecule has 0 fully saturated rings. The van der Waals surface area contributed by atoms with Gasteiger partial charge in [0.15, 0.2) is 5.16 Å². The summed E-state index contributed by atoms with van der Waals surface area (Å²) in [4.78, 5) is 11.3. The van der Waals surface area contributed by atoms with Gasteiger partial charge in [0.25, 0.3) is 0 Å². The second kappa shape index (κ2) is 9.55. The van der Waals surface area contributed by atoms with E-state index in [4.69, 9.17) is 4.74 Å². The quantitative estimate of drug-likeness (QED) is 0.224. The van der Waals surface area contributed by atoms with Crippen LogP contribution in [-0.4, -0.2) is 44.8 Å². The summed E-state index contributed by atoms with van der Waals surface area (Å²) in [5, 5.41) is 14.7. The molecule has 2 atom stereocenters. The number of aromatic amines is 1. The molecular formula is C24H23F3N4O2S. The van der Waals surface area contributed by atoms with Crippen LogP contribution in [0.15, 0.2) is 72.1 Å². The Kier molecular flexibility index (Phi) is 6.72. The molecule has 4 aromatic rings. The van der Waals surface area contributed by atoms with Crippen LogP contribution in [0, 0.1) is 6.92 Å². The Morgan fingerprint density at radius 3 is 2.65 bits per heavy atom. The number of ether oxygens (including phenoxy) is 1. The highest BCUT2D eigenvalue weighted by Gasteiger charge is 2.59. The van der Waals surface area contributed by atoms with Crippen LogP contribution in [0.1, 0.15) is 17.2 Å². The predicted molar refractivity (Wildman–Crippen MR) is 126 cm³/mol. The summed E-state index contributed by atoms with van der Waals surface area (Å²) in [6, 6.07) is 14.5. The first-order valence-corrected chi connectivity index (χ1v) is 11.4. The standard InChI is InChI=1S/C24H23F3N4O2S/c1-15-9-10-18-20(30-15)7-4-8-21(18)31-23(32,24(25,26)27)19(14-34-22-28-11-12-29-22)16-5-3-6-17(13-16)33-2/h3-13,19,31-32H,14H2,1-2H3,(H,28,29). The number of aromatic nitrogens is 3. The number of halogens is 3. The third-order valence-corrected chi connectivity index (χ3v) is 6.49. The number of imidazole rings is 1. The number of hydrogen-bond acceptors (Lipinski definition) is 6. The third-order valence-electron chi connectivity index (χ3n) is 5.49. The molecule has 178 valence electrons. The molecule has 2 unspecified atom stereocenters. The van der Waals surface area contributed by atoms with Crippen molar-refractivity contribution in [2.75, 3.05) is 18.2 Å². The van der Waals surface area contributed by atoms with Gasteiger partial charge in [-0.2, -0.15) is 13.2 Å². The van der Waals surface area contributed by atoms with E-state index in [9.17, 15) is 18.3 Å². The van der Waals surface area contributed by atoms with E-state index in [1.165, 1.54) is 25.4 Å². The Balaban J connectivity index is 1.81. The van der Waals surface area contributed by atoms with Crippen LogP contribution in [0.4, 0.5) is 18.9 Å². The lowest BCUT2D eigenvalue weighted by Crippen LogP contribution is -2.57. The van der Waals surface area contributed by atoms with Crippen LogP contribution in [0.25, 0.3) is 10.9 Å². The van der Waals surface area contributed by atoms with Gasteiger partial charge in [-0.1, -0.05) is 30.0 Å². The summed E-state index contributed by atoms with van der Waals surface area (Å²) in [6.45, 7) is 1.80. The molecule has 0 aliphatic rings. The first kappa shape index (κ1) is 23.9. The molecule has 0 aliphatic heterocycles. The molecule has 4 rings (SSSR count). The van der Waals surface area contributed by atoms with Crippen molar-refractivity contribution in [2.24, 2.45) is 0 Å². The average molecular weight is 489 g/mol. The minimum absolute atomic E-state index is 0.119. The van der Waals surface area contributed by atoms with E-state index < -0.39 is 17.8 Å². The zero-order valence-corrected chi connectivity index (χ0v) is 19.2. The van der Waals surface area contributed by atoms with E-state index in [1.54, 1.807) is 55.6 Å². The summed E-state index contributed by atoms with van der Waals surface area (Å²) in [5.74, 6) is -1.14. The fourth-order valence-corrected chi connectivity index (χ4v) is 4.78. The molecule has 0 aliphatic carbocycles. The maximum absolute atomic E-state index is 14.6. The molecule has 0 spiro atoms. The number of aliphatic hydroxyl groups is 1. The number of thioether (sulfide) groups is 1. The molecule has 34 heavy (non-hydrogen) atoms. The average Bonchev–Trinajstić information content (AvgIpc) is 3.32. The maximum atomic E-state index is 14.6. The highest BCUT2D eigenvalue weighted by molar-refractivity contribution is 7.99. The van der Waals surface area contributed by atoms with Gasteiger partial charge in [0.05, 0.1) is 18.5 Å². The Hall–Kier alpha value is -3.24. The third kappa shape index (κ3) is 4.83. The van der Waals surface area contributed by atoms with E-state index in [1.807, 2.05) is 0 Å². The Morgan fingerprint density at radius 2 is 1.94 bits per heavy atom. The minimum Gasteiger partial charge on any atom is -0.497 e. The van der Waals surface area contributed by atoms with Crippen molar-refractivity contribution in [3.05, 3.63) is 78.2 Å². The second-order valence-electron chi connectivity index (χ2n) is 7.75. The lowest BCUT2D eigenvalue weighted by molar-refractivity contribution is -0.254. The summed E-state index contributed by atoms with van der Waals surface area (Å²) < 4.78 is 49.2. The summed E-state index contributed by atoms with van der Waals surface area (Å²) in [7, 11) is 1.44. The van der Waals surface area contributed by atoms with Crippen molar-refractivity contribution in [3.63, 3.8) is 0 Å². The molecule has 2 aromatic carbocycles. The Bertz CT molecular complexity index is 1270. The Morgan fingerprint density at radius 1 is 1.15 bits per heavy atom. The van der Waals surface area contributed by atoms with Gasteiger partial charge in [0.1, 0.15) is 5.75 Å². The smallest absolute Gasteiger partial charge is 0.437 e. The zero-order chi connectivity index (χ0) is 24.3. The molecule has 10 heteroatoms. The van der Waals surface area contributed by atoms with E-state index in [0.717, 1.165) is 17.5 Å². The van der Waals surface area contributed by atoms with Crippen molar-refractivity contribution in [1.82, 2.24) is 15.0 Å². The van der Waals surface area contributed by atoms with Crippen molar-refractivity contribution in [2.45, 2.75) is 29.9 Å². The first-order chi connectivity index (χ1) is 16.2. The topological polar surface area (TPSA) is 83.1 Å². The van der Waals surface area contributed by atoms with Crippen LogP contribution in [0.5, 0.6) is 5.75 Å². The van der Waals surface area contributed by atoms with Gasteiger partial charge in [0, 0.05) is 34.9 Å². The number of fused-ring (bicyclic) bond motifs is 1. The molecule has 0 saturated heterocycles. The number of H-pyrrole nitrogens is 1. The van der Waals surface area contributed by atoms with Gasteiger partial charge in [-0.15, -0.1) is 0 Å². The lowest BCUT2D eigenvalue weighted by atomic mass is 9.88. The van der Waals surface area contributed by atoms with Crippen molar-refractivity contribution in [1.29, 1.82) is 0 Å². The van der Waals surface area contributed by atoms with Crippen molar-refractivity contribution >= 4 is 28.4 Å². The number of aryl methyl sites for hydroxylation is 1. The highest BCUT2D eigenvalue weighted by Crippen LogP contribution is 2.45. The molecule has 0 amide bonds. The zero-order valence-electron chi connectivity index (χ0n) is 18.4. The van der Waals surface area contributed by atoms with Crippen LogP contribution in [-0.2, 0) is 0 Å². The van der Waals surface area contributed by atoms with Gasteiger partial charge >= 0.3 is 6.18 Å². The molecular weight excluding hydrogens is 465 g/mol. The fraction of sp³-hybridized carbons (Fsp3) is 0.250. The lowest BCUT2D eigenvalue weighted by Gasteiger charge is -2.39. The molecule has 2 heterocycles. The van der Waals surface area contributed by atoms with Gasteiger partial charge in [-0.05, 0) is 48.9 Å². The van der Waals surface area contributed by atoms with E-state index >= 15 is 0 Å². The first-order valence-electron chi connectivity index (χ1n) is 10.4. The van der Waals surface area contributed by atoms with E-state index in [-0.39, 0.29) is 17.0 Å². The van der Waals surface area contributed by atoms with Gasteiger partial charge in [-0.25, -0.2) is 4.98 Å². The number of pyridine rings is 1. The van der Waals surface area contributed by atoms with E-state index in [2.05, 4.69) is 20.3 Å². The maximum Gasteiger partial charge on any atom is 0.437 e. The van der Waals surface area contributed by atoms with Crippen LogP contribution < -0.4 is 10.1 Å². The highest BCUT2D eigenvalue weighted by atomic mass is 32.2. The molecule has 0 bridgehead atoms. The molecule has 0 radical (unpaired) electrons. The SMILES string of the molecule is COc1cccc(C(CSc2ncc[nH]2)C(O)(Nc2cccc3nc(C)ccc23)C(F)(F)F)c1. The molecule has 0 saturated carbocycles. The fourth-order valence-electron chi connectivity index (χ4n) is 3.74. The van der Waals surface area contributed by atoms with Crippen LogP contribution in [0.2, 0.25) is 0 Å². The summed E-state index contributed by atoms with van der Waals surface area (Å²) >= 11 is 1.08. The normalized spacial score (nSPS) is 14.5. The number of rotatable bonds is 8. The number of anilines is 1. The van der Waals surface area contributed by atoms with Crippen molar-refractivity contribution in [3.8, 4) is 5.75 Å². The van der Waals surface area contributed by atoms with Crippen LogP contribution >= 0.6 is 11.8 Å². The monoisotopic (exact) mass is 488 g/mol.